The lowest BCUT2D eigenvalue weighted by Crippen LogP contribution is -2.19. The second-order valence-corrected chi connectivity index (χ2v) is 3.37. The predicted octanol–water partition coefficient (Wildman–Crippen LogP) is 1.85. The molecular weight excluding hydrogens is 218 g/mol. The fourth-order valence-corrected chi connectivity index (χ4v) is 1.33. The molecule has 0 aromatic heterocycles. The number of hydrogen-bond donors (Lipinski definition) is 1. The molecule has 92 valence electrons. The summed E-state index contributed by atoms with van der Waals surface area (Å²) >= 11 is 0. The molecule has 4 heteroatoms. The average molecular weight is 235 g/mol. The lowest BCUT2D eigenvalue weighted by molar-refractivity contribution is -0.116. The lowest BCUT2D eigenvalue weighted by atomic mass is 10.2. The molecule has 0 aliphatic rings. The number of likely N-dealkylation sites (N-methyl/N-ethyl adjacent to an activating group) is 1. The minimum atomic E-state index is -0.116. The first-order valence-electron chi connectivity index (χ1n) is 5.38. The van der Waals surface area contributed by atoms with E-state index in [9.17, 15) is 4.79 Å². The summed E-state index contributed by atoms with van der Waals surface area (Å²) in [5, 5.41) is 2.68. The Labute approximate surface area is 101 Å². The topological polar surface area (TPSA) is 47.6 Å². The number of carbonyl (C=O) groups is 1. The van der Waals surface area contributed by atoms with Crippen LogP contribution in [0.4, 0.5) is 0 Å². The van der Waals surface area contributed by atoms with Gasteiger partial charge in [0, 0.05) is 18.7 Å². The largest absolute Gasteiger partial charge is 0.497 e. The molecule has 0 radical (unpaired) electrons. The van der Waals surface area contributed by atoms with Gasteiger partial charge in [-0.05, 0) is 30.7 Å². The van der Waals surface area contributed by atoms with E-state index in [1.807, 2.05) is 19.1 Å². The van der Waals surface area contributed by atoms with Crippen molar-refractivity contribution in [2.45, 2.75) is 6.92 Å². The SMILES string of the molecule is CCNC(=O)/C=C/c1cc(OC)cc(OC)c1. The zero-order valence-electron chi connectivity index (χ0n) is 10.3. The first kappa shape index (κ1) is 13.1. The van der Waals surface area contributed by atoms with Gasteiger partial charge in [0.15, 0.2) is 0 Å². The molecule has 4 nitrogen and oxygen atoms in total. The summed E-state index contributed by atoms with van der Waals surface area (Å²) in [6.45, 7) is 2.49. The highest BCUT2D eigenvalue weighted by molar-refractivity contribution is 5.91. The monoisotopic (exact) mass is 235 g/mol. The highest BCUT2D eigenvalue weighted by atomic mass is 16.5. The Balaban J connectivity index is 2.86. The Morgan fingerprint density at radius 2 is 1.82 bits per heavy atom. The summed E-state index contributed by atoms with van der Waals surface area (Å²) in [5.74, 6) is 1.27. The van der Waals surface area contributed by atoms with E-state index in [-0.39, 0.29) is 5.91 Å². The van der Waals surface area contributed by atoms with E-state index in [1.54, 1.807) is 26.4 Å². The minimum Gasteiger partial charge on any atom is -0.497 e. The maximum atomic E-state index is 11.3. The van der Waals surface area contributed by atoms with Crippen LogP contribution in [0.3, 0.4) is 0 Å². The molecule has 1 aromatic carbocycles. The number of methoxy groups -OCH3 is 2. The van der Waals surface area contributed by atoms with Gasteiger partial charge in [0.2, 0.25) is 5.91 Å². The summed E-state index contributed by atoms with van der Waals surface area (Å²) in [6, 6.07) is 5.44. The quantitative estimate of drug-likeness (QED) is 0.792. The van der Waals surface area contributed by atoms with Gasteiger partial charge in [-0.1, -0.05) is 0 Å². The molecule has 1 N–H and O–H groups in total. The number of benzene rings is 1. The van der Waals surface area contributed by atoms with Crippen molar-refractivity contribution in [2.75, 3.05) is 20.8 Å². The zero-order chi connectivity index (χ0) is 12.7. The molecule has 0 aliphatic heterocycles. The smallest absolute Gasteiger partial charge is 0.243 e. The fraction of sp³-hybridized carbons (Fsp3) is 0.308. The summed E-state index contributed by atoms with van der Waals surface area (Å²) in [6.07, 6.45) is 3.20. The van der Waals surface area contributed by atoms with Crippen molar-refractivity contribution in [1.82, 2.24) is 5.32 Å². The molecule has 1 amide bonds. The lowest BCUT2D eigenvalue weighted by Gasteiger charge is -2.05. The fourth-order valence-electron chi connectivity index (χ4n) is 1.33. The molecule has 0 bridgehead atoms. The van der Waals surface area contributed by atoms with Crippen LogP contribution in [0.25, 0.3) is 6.08 Å². The molecule has 1 aromatic rings. The predicted molar refractivity (Wildman–Crippen MR) is 67.3 cm³/mol. The van der Waals surface area contributed by atoms with E-state index in [4.69, 9.17) is 9.47 Å². The maximum Gasteiger partial charge on any atom is 0.243 e. The molecule has 17 heavy (non-hydrogen) atoms. The van der Waals surface area contributed by atoms with Crippen LogP contribution in [0.5, 0.6) is 11.5 Å². The van der Waals surface area contributed by atoms with Gasteiger partial charge in [0.25, 0.3) is 0 Å². The first-order chi connectivity index (χ1) is 8.19. The van der Waals surface area contributed by atoms with Crippen LogP contribution in [0, 0.1) is 0 Å². The molecular formula is C13H17NO3. The third-order valence-electron chi connectivity index (χ3n) is 2.15. The summed E-state index contributed by atoms with van der Waals surface area (Å²) < 4.78 is 10.3. The van der Waals surface area contributed by atoms with E-state index in [0.29, 0.717) is 18.0 Å². The number of carbonyl (C=O) groups excluding carboxylic acids is 1. The maximum absolute atomic E-state index is 11.3. The minimum absolute atomic E-state index is 0.116. The molecule has 0 atom stereocenters. The Bertz CT molecular complexity index is 391. The molecule has 0 fully saturated rings. The highest BCUT2D eigenvalue weighted by Gasteiger charge is 2.00. The number of hydrogen-bond acceptors (Lipinski definition) is 3. The Morgan fingerprint density at radius 3 is 2.29 bits per heavy atom. The molecule has 1 rings (SSSR count). The van der Waals surface area contributed by atoms with Crippen molar-refractivity contribution in [1.29, 1.82) is 0 Å². The van der Waals surface area contributed by atoms with Crippen molar-refractivity contribution in [3.05, 3.63) is 29.8 Å². The Morgan fingerprint density at radius 1 is 1.24 bits per heavy atom. The average Bonchev–Trinajstić information content (AvgIpc) is 2.36. The van der Waals surface area contributed by atoms with E-state index in [2.05, 4.69) is 5.32 Å². The van der Waals surface area contributed by atoms with Crippen molar-refractivity contribution in [3.8, 4) is 11.5 Å². The third kappa shape index (κ3) is 4.18. The van der Waals surface area contributed by atoms with Gasteiger partial charge in [-0.15, -0.1) is 0 Å². The van der Waals surface area contributed by atoms with E-state index in [0.717, 1.165) is 5.56 Å². The van der Waals surface area contributed by atoms with Gasteiger partial charge >= 0.3 is 0 Å². The van der Waals surface area contributed by atoms with Crippen LogP contribution >= 0.6 is 0 Å². The van der Waals surface area contributed by atoms with Crippen molar-refractivity contribution < 1.29 is 14.3 Å². The van der Waals surface area contributed by atoms with E-state index >= 15 is 0 Å². The molecule has 0 spiro atoms. The van der Waals surface area contributed by atoms with Gasteiger partial charge in [-0.2, -0.15) is 0 Å². The van der Waals surface area contributed by atoms with Gasteiger partial charge in [0.1, 0.15) is 11.5 Å². The molecule has 0 unspecified atom stereocenters. The van der Waals surface area contributed by atoms with Crippen LogP contribution < -0.4 is 14.8 Å². The Kier molecular flexibility index (Phi) is 5.07. The van der Waals surface area contributed by atoms with Gasteiger partial charge in [0.05, 0.1) is 14.2 Å². The summed E-state index contributed by atoms with van der Waals surface area (Å²) in [5.41, 5.74) is 0.854. The van der Waals surface area contributed by atoms with Crippen LogP contribution in [-0.4, -0.2) is 26.7 Å². The van der Waals surface area contributed by atoms with Crippen LogP contribution in [0.15, 0.2) is 24.3 Å². The van der Waals surface area contributed by atoms with Crippen LogP contribution in [-0.2, 0) is 4.79 Å². The number of rotatable bonds is 5. The van der Waals surface area contributed by atoms with Crippen molar-refractivity contribution >= 4 is 12.0 Å². The summed E-state index contributed by atoms with van der Waals surface area (Å²) in [7, 11) is 3.18. The van der Waals surface area contributed by atoms with E-state index < -0.39 is 0 Å². The van der Waals surface area contributed by atoms with Gasteiger partial charge in [-0.3, -0.25) is 4.79 Å². The molecule has 0 saturated heterocycles. The van der Waals surface area contributed by atoms with Gasteiger partial charge < -0.3 is 14.8 Å². The van der Waals surface area contributed by atoms with Crippen LogP contribution in [0.2, 0.25) is 0 Å². The summed E-state index contributed by atoms with van der Waals surface area (Å²) in [4.78, 5) is 11.3. The zero-order valence-corrected chi connectivity index (χ0v) is 10.3. The first-order valence-corrected chi connectivity index (χ1v) is 5.38. The molecule has 0 aliphatic carbocycles. The van der Waals surface area contributed by atoms with Crippen LogP contribution in [0.1, 0.15) is 12.5 Å². The standard InChI is InChI=1S/C13H17NO3/c1-4-14-13(15)6-5-10-7-11(16-2)9-12(8-10)17-3/h5-9H,4H2,1-3H3,(H,14,15)/b6-5+. The normalized spacial score (nSPS) is 10.3. The number of nitrogens with one attached hydrogen (secondary N) is 1. The van der Waals surface area contributed by atoms with Crippen molar-refractivity contribution in [3.63, 3.8) is 0 Å². The van der Waals surface area contributed by atoms with E-state index in [1.165, 1.54) is 6.08 Å². The number of amides is 1. The number of ether oxygens (including phenoxy) is 2. The highest BCUT2D eigenvalue weighted by Crippen LogP contribution is 2.23. The second-order valence-electron chi connectivity index (χ2n) is 3.37. The van der Waals surface area contributed by atoms with Crippen molar-refractivity contribution in [2.24, 2.45) is 0 Å². The molecule has 0 heterocycles. The molecule has 0 saturated carbocycles. The second kappa shape index (κ2) is 6.58. The third-order valence-corrected chi connectivity index (χ3v) is 2.15. The Hall–Kier alpha value is -1.97. The van der Waals surface area contributed by atoms with Gasteiger partial charge in [-0.25, -0.2) is 0 Å².